The summed E-state index contributed by atoms with van der Waals surface area (Å²) in [7, 11) is 1.97. The third-order valence-corrected chi connectivity index (χ3v) is 16.8. The number of carboxylic acid groups (broad SMARTS) is 1. The molecule has 5 aliphatic carbocycles. The number of ether oxygens (including phenoxy) is 1. The van der Waals surface area contributed by atoms with E-state index in [1.807, 2.05) is 17.8 Å². The van der Waals surface area contributed by atoms with Gasteiger partial charge in [0.2, 0.25) is 0 Å². The SMILES string of the molecule is CC(C)C1=C2[C@H]3CC[C@@H]4[C@@]5(C)CC[C@H](OC(=O)CC(C)(C)C(=O)O)C(C)(C)[C@@H]5CC[C@@]4(C)[C@]3(C)CC[C@@]2(c2cc(=O)n(Cc3ccc(Cl)cn3)n2C)CC1=O. The summed E-state index contributed by atoms with van der Waals surface area (Å²) in [6.07, 6.45) is 9.32. The van der Waals surface area contributed by atoms with Gasteiger partial charge in [0.05, 0.1) is 34.8 Å². The molecule has 0 radical (unpaired) electrons. The van der Waals surface area contributed by atoms with Crippen molar-refractivity contribution in [1.29, 1.82) is 0 Å². The van der Waals surface area contributed by atoms with E-state index in [2.05, 4.69) is 53.5 Å². The number of hydrogen-bond acceptors (Lipinski definition) is 6. The lowest BCUT2D eigenvalue weighted by Crippen LogP contribution is -2.66. The van der Waals surface area contributed by atoms with Crippen LogP contribution < -0.4 is 5.56 Å². The number of aliphatic carboxylic acids is 1. The highest BCUT2D eigenvalue weighted by molar-refractivity contribution is 6.30. The molecule has 4 saturated carbocycles. The van der Waals surface area contributed by atoms with Crippen molar-refractivity contribution in [3.63, 3.8) is 0 Å². The minimum Gasteiger partial charge on any atom is -0.481 e. The van der Waals surface area contributed by atoms with E-state index in [9.17, 15) is 24.3 Å². The zero-order chi connectivity index (χ0) is 40.3. The molecule has 0 bridgehead atoms. The Balaban J connectivity index is 1.22. The number of halogens is 1. The van der Waals surface area contributed by atoms with Gasteiger partial charge in [0, 0.05) is 36.6 Å². The van der Waals surface area contributed by atoms with Crippen LogP contribution in [0.5, 0.6) is 0 Å². The molecular weight excluding hydrogens is 714 g/mol. The molecule has 10 heteroatoms. The summed E-state index contributed by atoms with van der Waals surface area (Å²) in [6.45, 7) is 19.9. The van der Waals surface area contributed by atoms with Crippen LogP contribution in [-0.4, -0.2) is 43.3 Å². The molecule has 5 aliphatic rings. The predicted octanol–water partition coefficient (Wildman–Crippen LogP) is 8.93. The summed E-state index contributed by atoms with van der Waals surface area (Å²) >= 11 is 6.11. The molecule has 0 aromatic carbocycles. The molecule has 0 aliphatic heterocycles. The zero-order valence-electron chi connectivity index (χ0n) is 34.7. The summed E-state index contributed by atoms with van der Waals surface area (Å²) in [5.74, 6) is -0.0624. The number of aromatic nitrogens is 3. The topological polar surface area (TPSA) is 120 Å². The lowest BCUT2D eigenvalue weighted by Gasteiger charge is -2.72. The van der Waals surface area contributed by atoms with Crippen molar-refractivity contribution in [2.24, 2.45) is 57.8 Å². The van der Waals surface area contributed by atoms with Crippen molar-refractivity contribution in [3.05, 3.63) is 62.3 Å². The summed E-state index contributed by atoms with van der Waals surface area (Å²) in [5, 5.41) is 10.2. The highest BCUT2D eigenvalue weighted by atomic mass is 35.5. The molecule has 0 saturated heterocycles. The van der Waals surface area contributed by atoms with Crippen LogP contribution in [0.1, 0.15) is 138 Å². The smallest absolute Gasteiger partial charge is 0.309 e. The molecule has 1 N–H and O–H groups in total. The molecule has 4 fully saturated rings. The maximum atomic E-state index is 14.3. The monoisotopic (exact) mass is 775 g/mol. The first kappa shape index (κ1) is 40.0. The third-order valence-electron chi connectivity index (χ3n) is 16.6. The van der Waals surface area contributed by atoms with Crippen molar-refractivity contribution in [2.75, 3.05) is 0 Å². The van der Waals surface area contributed by atoms with Crippen molar-refractivity contribution in [1.82, 2.24) is 14.3 Å². The molecule has 300 valence electrons. The Morgan fingerprint density at radius 3 is 2.33 bits per heavy atom. The highest BCUT2D eigenvalue weighted by Gasteiger charge is 2.70. The van der Waals surface area contributed by atoms with Crippen molar-refractivity contribution in [3.8, 4) is 0 Å². The number of hydrogen-bond donors (Lipinski definition) is 1. The molecule has 2 aromatic heterocycles. The first-order chi connectivity index (χ1) is 25.5. The second-order valence-corrected chi connectivity index (χ2v) is 20.8. The molecule has 0 amide bonds. The number of ketones is 1. The van der Waals surface area contributed by atoms with Crippen LogP contribution in [0.4, 0.5) is 0 Å². The predicted molar refractivity (Wildman–Crippen MR) is 213 cm³/mol. The van der Waals surface area contributed by atoms with Gasteiger partial charge in [-0.1, -0.05) is 60.1 Å². The molecule has 9 nitrogen and oxygen atoms in total. The van der Waals surface area contributed by atoms with Gasteiger partial charge >= 0.3 is 11.9 Å². The minimum absolute atomic E-state index is 0.0250. The van der Waals surface area contributed by atoms with E-state index in [-0.39, 0.29) is 57.4 Å². The Hall–Kier alpha value is -3.20. The number of Topliss-reactive ketones (excluding diaryl/α,β-unsaturated/α-hetero) is 1. The Bertz CT molecular complexity index is 2010. The number of carbonyl (C=O) groups excluding carboxylic acids is 2. The second-order valence-electron chi connectivity index (χ2n) is 20.4. The van der Waals surface area contributed by atoms with Gasteiger partial charge in [-0.25, -0.2) is 4.68 Å². The number of rotatable bonds is 8. The first-order valence-corrected chi connectivity index (χ1v) is 21.0. The van der Waals surface area contributed by atoms with E-state index in [1.165, 1.54) is 5.57 Å². The molecule has 7 rings (SSSR count). The fourth-order valence-corrected chi connectivity index (χ4v) is 13.7. The number of carbonyl (C=O) groups is 3. The van der Waals surface area contributed by atoms with Crippen LogP contribution in [-0.2, 0) is 38.1 Å². The van der Waals surface area contributed by atoms with Crippen molar-refractivity contribution >= 4 is 29.3 Å². The second kappa shape index (κ2) is 13.2. The maximum Gasteiger partial charge on any atom is 0.309 e. The van der Waals surface area contributed by atoms with E-state index in [1.54, 1.807) is 36.9 Å². The number of fused-ring (bicyclic) bond motifs is 7. The number of pyridine rings is 1. The van der Waals surface area contributed by atoms with E-state index in [0.29, 0.717) is 29.8 Å². The first-order valence-electron chi connectivity index (χ1n) is 20.6. The lowest BCUT2D eigenvalue weighted by molar-refractivity contribution is -0.232. The largest absolute Gasteiger partial charge is 0.481 e. The van der Waals surface area contributed by atoms with Crippen molar-refractivity contribution < 1.29 is 24.2 Å². The average molecular weight is 776 g/mol. The number of allylic oxidation sites excluding steroid dienone is 2. The molecular formula is C45H62ClN3O6. The fraction of sp³-hybridized carbons (Fsp3) is 0.711. The van der Waals surface area contributed by atoms with Crippen LogP contribution in [0.2, 0.25) is 5.02 Å². The van der Waals surface area contributed by atoms with Gasteiger partial charge in [0.25, 0.3) is 5.56 Å². The molecule has 2 aromatic rings. The third kappa shape index (κ3) is 5.85. The number of carboxylic acids is 1. The summed E-state index contributed by atoms with van der Waals surface area (Å²) in [5.41, 5.74) is 1.98. The van der Waals surface area contributed by atoms with Gasteiger partial charge in [-0.15, -0.1) is 0 Å². The van der Waals surface area contributed by atoms with E-state index in [4.69, 9.17) is 16.3 Å². The van der Waals surface area contributed by atoms with Gasteiger partial charge < -0.3 is 9.84 Å². The van der Waals surface area contributed by atoms with Crippen LogP contribution in [0, 0.1) is 50.7 Å². The Morgan fingerprint density at radius 1 is 0.982 bits per heavy atom. The normalized spacial score (nSPS) is 35.5. The average Bonchev–Trinajstić information content (AvgIpc) is 3.55. The lowest BCUT2D eigenvalue weighted by atomic mass is 9.33. The Morgan fingerprint density at radius 2 is 1.69 bits per heavy atom. The van der Waals surface area contributed by atoms with Crippen LogP contribution in [0.15, 0.2) is 40.3 Å². The van der Waals surface area contributed by atoms with E-state index >= 15 is 0 Å². The summed E-state index contributed by atoms with van der Waals surface area (Å²) in [4.78, 5) is 57.5. The van der Waals surface area contributed by atoms with E-state index < -0.39 is 22.8 Å². The van der Waals surface area contributed by atoms with E-state index in [0.717, 1.165) is 68.3 Å². The number of nitrogens with zero attached hydrogens (tertiary/aromatic N) is 3. The molecule has 0 spiro atoms. The van der Waals surface area contributed by atoms with Crippen LogP contribution >= 0.6 is 11.6 Å². The fourth-order valence-electron chi connectivity index (χ4n) is 13.6. The Kier molecular flexibility index (Phi) is 9.58. The zero-order valence-corrected chi connectivity index (χ0v) is 35.4. The minimum atomic E-state index is -1.18. The standard InChI is InChI=1S/C45H62ClN3O6/c1-26(2)37-30(50)22-45(33-21-35(51)49(48(33)10)25-28-12-11-27(46)24-47-28)20-19-43(8)29(38(37)45)13-14-32-42(7)17-16-34(55-36(52)23-40(3,4)39(53)54)41(5,6)31(42)15-18-44(32,43)9/h11-12,21,24,26,29,31-32,34H,13-20,22-23,25H2,1-10H3,(H,53,54)/t29-,31+,32-,34+,42+,43-,44-,45+/m1/s1. The molecule has 2 heterocycles. The quantitative estimate of drug-likeness (QED) is 0.266. The highest BCUT2D eigenvalue weighted by Crippen LogP contribution is 2.76. The van der Waals surface area contributed by atoms with Gasteiger partial charge in [0.1, 0.15) is 6.10 Å². The summed E-state index contributed by atoms with van der Waals surface area (Å²) in [6, 6.07) is 5.44. The maximum absolute atomic E-state index is 14.3. The van der Waals surface area contributed by atoms with Crippen LogP contribution in [0.25, 0.3) is 0 Å². The van der Waals surface area contributed by atoms with Gasteiger partial charge in [-0.3, -0.25) is 28.8 Å². The summed E-state index contributed by atoms with van der Waals surface area (Å²) < 4.78 is 9.93. The molecule has 0 unspecified atom stereocenters. The van der Waals surface area contributed by atoms with Gasteiger partial charge in [0.15, 0.2) is 5.78 Å². The molecule has 55 heavy (non-hydrogen) atoms. The Labute approximate surface area is 331 Å². The van der Waals surface area contributed by atoms with Gasteiger partial charge in [-0.05, 0) is 128 Å². The molecule has 8 atom stereocenters. The van der Waals surface area contributed by atoms with Crippen LogP contribution in [0.3, 0.4) is 0 Å². The number of esters is 1. The van der Waals surface area contributed by atoms with Gasteiger partial charge in [-0.2, -0.15) is 0 Å². The van der Waals surface area contributed by atoms with Crippen molar-refractivity contribution in [2.45, 2.75) is 145 Å².